The smallest absolute Gasteiger partial charge is 0.359 e. The Kier molecular flexibility index (Phi) is 6.62. The third-order valence-corrected chi connectivity index (χ3v) is 7.65. The maximum atomic E-state index is 14.2. The van der Waals surface area contributed by atoms with Crippen LogP contribution in [-0.4, -0.2) is 35.3 Å². The molecular formula is C26H36F3N3. The molecule has 2 aliphatic rings. The molecule has 32 heavy (non-hydrogen) atoms. The Labute approximate surface area is 189 Å². The molecule has 2 atom stereocenters. The van der Waals surface area contributed by atoms with Crippen molar-refractivity contribution < 1.29 is 13.2 Å². The SMILES string of the molecule is C=C1Nc2ccc3c(c(C)c(C)n3CCCCCCN3CCCC3)c2C(C(F)(F)F)C1C. The van der Waals surface area contributed by atoms with E-state index in [1.165, 1.54) is 45.3 Å². The van der Waals surface area contributed by atoms with Crippen LogP contribution in [0, 0.1) is 19.8 Å². The molecule has 4 rings (SSSR count). The van der Waals surface area contributed by atoms with Crippen molar-refractivity contribution in [2.45, 2.75) is 77.9 Å². The summed E-state index contributed by atoms with van der Waals surface area (Å²) in [6.45, 7) is 14.0. The number of nitrogens with zero attached hydrogens (tertiary/aromatic N) is 2. The molecule has 0 bridgehead atoms. The molecule has 2 aromatic rings. The lowest BCUT2D eigenvalue weighted by Gasteiger charge is -2.36. The normalized spacial score (nSPS) is 21.9. The van der Waals surface area contributed by atoms with Crippen molar-refractivity contribution in [3.63, 3.8) is 0 Å². The van der Waals surface area contributed by atoms with Gasteiger partial charge in [0.05, 0.1) is 5.92 Å². The second kappa shape index (κ2) is 9.12. The number of unbranched alkanes of at least 4 members (excludes halogenated alkanes) is 3. The number of nitrogens with one attached hydrogen (secondary N) is 1. The highest BCUT2D eigenvalue weighted by atomic mass is 19.4. The van der Waals surface area contributed by atoms with Crippen molar-refractivity contribution in [2.75, 3.05) is 25.0 Å². The van der Waals surface area contributed by atoms with Crippen molar-refractivity contribution in [3.8, 4) is 0 Å². The summed E-state index contributed by atoms with van der Waals surface area (Å²) in [6.07, 6.45) is 3.00. The van der Waals surface area contributed by atoms with E-state index in [1.807, 2.05) is 19.9 Å². The van der Waals surface area contributed by atoms with Gasteiger partial charge in [-0.2, -0.15) is 13.2 Å². The zero-order chi connectivity index (χ0) is 23.0. The van der Waals surface area contributed by atoms with Crippen molar-refractivity contribution >= 4 is 16.6 Å². The lowest BCUT2D eigenvalue weighted by molar-refractivity contribution is -0.158. The number of anilines is 1. The fourth-order valence-corrected chi connectivity index (χ4v) is 5.66. The largest absolute Gasteiger partial charge is 0.396 e. The maximum Gasteiger partial charge on any atom is 0.396 e. The maximum absolute atomic E-state index is 14.2. The average Bonchev–Trinajstić information content (AvgIpc) is 3.33. The topological polar surface area (TPSA) is 20.2 Å². The van der Waals surface area contributed by atoms with Crippen LogP contribution in [0.2, 0.25) is 0 Å². The fourth-order valence-electron chi connectivity index (χ4n) is 5.66. The molecule has 1 fully saturated rings. The van der Waals surface area contributed by atoms with Gasteiger partial charge in [-0.15, -0.1) is 0 Å². The van der Waals surface area contributed by atoms with Gasteiger partial charge in [-0.05, 0) is 82.4 Å². The van der Waals surface area contributed by atoms with Gasteiger partial charge in [0.25, 0.3) is 0 Å². The molecule has 2 aliphatic heterocycles. The molecule has 3 nitrogen and oxygen atoms in total. The molecule has 1 saturated heterocycles. The predicted octanol–water partition coefficient (Wildman–Crippen LogP) is 7.14. The first-order valence-electron chi connectivity index (χ1n) is 12.1. The fraction of sp³-hybridized carbons (Fsp3) is 0.615. The van der Waals surface area contributed by atoms with Gasteiger partial charge >= 0.3 is 6.18 Å². The van der Waals surface area contributed by atoms with Gasteiger partial charge in [-0.3, -0.25) is 0 Å². The Balaban J connectivity index is 1.55. The number of rotatable bonds is 7. The van der Waals surface area contributed by atoms with Gasteiger partial charge in [0, 0.05) is 40.4 Å². The monoisotopic (exact) mass is 447 g/mol. The zero-order valence-corrected chi connectivity index (χ0v) is 19.6. The summed E-state index contributed by atoms with van der Waals surface area (Å²) in [4.78, 5) is 2.55. The van der Waals surface area contributed by atoms with Crippen LogP contribution in [0.3, 0.4) is 0 Å². The minimum atomic E-state index is -4.31. The average molecular weight is 448 g/mol. The lowest BCUT2D eigenvalue weighted by atomic mass is 9.79. The summed E-state index contributed by atoms with van der Waals surface area (Å²) in [5.74, 6) is -2.23. The summed E-state index contributed by atoms with van der Waals surface area (Å²) in [7, 11) is 0. The number of halogens is 3. The van der Waals surface area contributed by atoms with E-state index in [0.29, 0.717) is 16.9 Å². The van der Waals surface area contributed by atoms with Crippen LogP contribution in [0.1, 0.15) is 68.2 Å². The minimum Gasteiger partial charge on any atom is -0.359 e. The number of likely N-dealkylation sites (tertiary alicyclic amines) is 1. The molecule has 1 N–H and O–H groups in total. The summed E-state index contributed by atoms with van der Waals surface area (Å²) >= 11 is 0. The van der Waals surface area contributed by atoms with E-state index in [4.69, 9.17) is 0 Å². The minimum absolute atomic E-state index is 0.389. The number of fused-ring (bicyclic) bond motifs is 3. The summed E-state index contributed by atoms with van der Waals surface area (Å²) in [6, 6.07) is 3.78. The second-order valence-electron chi connectivity index (χ2n) is 9.70. The van der Waals surface area contributed by atoms with Gasteiger partial charge in [-0.25, -0.2) is 0 Å². The number of allylic oxidation sites excluding steroid dienone is 1. The lowest BCUT2D eigenvalue weighted by Crippen LogP contribution is -2.33. The molecule has 6 heteroatoms. The van der Waals surface area contributed by atoms with Crippen LogP contribution in [0.4, 0.5) is 18.9 Å². The van der Waals surface area contributed by atoms with Crippen LogP contribution in [0.25, 0.3) is 10.9 Å². The van der Waals surface area contributed by atoms with E-state index in [9.17, 15) is 13.2 Å². The molecule has 3 heterocycles. The summed E-state index contributed by atoms with van der Waals surface area (Å²) in [5, 5.41) is 3.91. The van der Waals surface area contributed by atoms with E-state index in [2.05, 4.69) is 21.4 Å². The Morgan fingerprint density at radius 1 is 1.03 bits per heavy atom. The molecule has 1 aromatic carbocycles. The van der Waals surface area contributed by atoms with E-state index in [0.717, 1.165) is 41.5 Å². The van der Waals surface area contributed by atoms with Gasteiger partial charge in [0.15, 0.2) is 0 Å². The van der Waals surface area contributed by atoms with E-state index < -0.39 is 18.0 Å². The first kappa shape index (κ1) is 23.2. The van der Waals surface area contributed by atoms with Crippen molar-refractivity contribution in [3.05, 3.63) is 41.2 Å². The van der Waals surface area contributed by atoms with E-state index in [-0.39, 0.29) is 0 Å². The zero-order valence-electron chi connectivity index (χ0n) is 19.6. The van der Waals surface area contributed by atoms with Crippen molar-refractivity contribution in [1.29, 1.82) is 0 Å². The van der Waals surface area contributed by atoms with Crippen LogP contribution in [0.5, 0.6) is 0 Å². The summed E-state index contributed by atoms with van der Waals surface area (Å²) < 4.78 is 44.7. The van der Waals surface area contributed by atoms with Gasteiger partial charge in [0.2, 0.25) is 0 Å². The third kappa shape index (κ3) is 4.30. The number of aromatic nitrogens is 1. The van der Waals surface area contributed by atoms with Gasteiger partial charge in [-0.1, -0.05) is 26.3 Å². The standard InChI is InChI=1S/C26H36F3N3/c1-17-19(3)30-21-11-12-22-23(24(21)25(17)26(27,28)29)18(2)20(4)32(22)16-8-6-5-7-13-31-14-9-10-15-31/h11-12,17,25,30H,3,5-10,13-16H2,1-2,4H3. The van der Waals surface area contributed by atoms with Crippen LogP contribution < -0.4 is 5.32 Å². The highest BCUT2D eigenvalue weighted by Crippen LogP contribution is 2.52. The Hall–Kier alpha value is -1.95. The molecule has 176 valence electrons. The number of benzene rings is 1. The van der Waals surface area contributed by atoms with Gasteiger partial charge < -0.3 is 14.8 Å². The molecule has 0 amide bonds. The van der Waals surface area contributed by atoms with Crippen LogP contribution in [-0.2, 0) is 6.54 Å². The third-order valence-electron chi connectivity index (χ3n) is 7.65. The molecule has 0 aliphatic carbocycles. The van der Waals surface area contributed by atoms with Crippen LogP contribution >= 0.6 is 0 Å². The number of hydrogen-bond donors (Lipinski definition) is 1. The molecule has 1 aromatic heterocycles. The highest BCUT2D eigenvalue weighted by molar-refractivity contribution is 5.94. The Morgan fingerprint density at radius 3 is 2.34 bits per heavy atom. The van der Waals surface area contributed by atoms with Crippen molar-refractivity contribution in [2.24, 2.45) is 5.92 Å². The second-order valence-corrected chi connectivity index (χ2v) is 9.70. The molecular weight excluding hydrogens is 411 g/mol. The molecule has 0 radical (unpaired) electrons. The number of alkyl halides is 3. The summed E-state index contributed by atoms with van der Waals surface area (Å²) in [5.41, 5.74) is 4.32. The first-order chi connectivity index (χ1) is 15.2. The predicted molar refractivity (Wildman–Crippen MR) is 126 cm³/mol. The van der Waals surface area contributed by atoms with Gasteiger partial charge in [0.1, 0.15) is 0 Å². The quantitative estimate of drug-likeness (QED) is 0.455. The van der Waals surface area contributed by atoms with E-state index in [1.54, 1.807) is 13.0 Å². The first-order valence-corrected chi connectivity index (χ1v) is 12.1. The Bertz CT molecular complexity index is 983. The molecule has 0 saturated carbocycles. The highest BCUT2D eigenvalue weighted by Gasteiger charge is 2.49. The number of aryl methyl sites for hydroxylation is 2. The molecule has 0 spiro atoms. The van der Waals surface area contributed by atoms with Crippen molar-refractivity contribution in [1.82, 2.24) is 9.47 Å². The van der Waals surface area contributed by atoms with Crippen LogP contribution in [0.15, 0.2) is 24.4 Å². The molecule has 2 unspecified atom stereocenters. The Morgan fingerprint density at radius 2 is 1.69 bits per heavy atom. The van der Waals surface area contributed by atoms with E-state index >= 15 is 0 Å². The number of hydrogen-bond acceptors (Lipinski definition) is 2.